The summed E-state index contributed by atoms with van der Waals surface area (Å²) in [6, 6.07) is 0.908. The number of benzene rings is 1. The molecule has 108 valence electrons. The maximum absolute atomic E-state index is 13.6. The topological polar surface area (TPSA) is 92.9 Å². The number of hydrogen-bond donors (Lipinski definition) is 1. The smallest absolute Gasteiger partial charge is 0.328 e. The summed E-state index contributed by atoms with van der Waals surface area (Å²) >= 11 is 2.88. The van der Waals surface area contributed by atoms with E-state index in [0.717, 1.165) is 12.1 Å². The van der Waals surface area contributed by atoms with Crippen LogP contribution in [0.3, 0.4) is 0 Å². The molecule has 0 bridgehead atoms. The van der Waals surface area contributed by atoms with Crippen molar-refractivity contribution in [2.75, 3.05) is 24.7 Å². The number of halogens is 2. The van der Waals surface area contributed by atoms with Crippen molar-refractivity contribution in [3.63, 3.8) is 0 Å². The molecule has 1 aromatic carbocycles. The largest absolute Gasteiger partial charge is 0.480 e. The Hall–Kier alpha value is -1.74. The summed E-state index contributed by atoms with van der Waals surface area (Å²) in [6.07, 6.45) is 0. The zero-order chi connectivity index (χ0) is 14.9. The van der Waals surface area contributed by atoms with Gasteiger partial charge in [-0.2, -0.15) is 0 Å². The normalized spacial score (nSPS) is 18.9. The maximum atomic E-state index is 13.6. The highest BCUT2D eigenvalue weighted by Crippen LogP contribution is 2.35. The molecule has 1 aliphatic heterocycles. The van der Waals surface area contributed by atoms with Crippen LogP contribution in [0, 0.1) is 15.9 Å². The number of nitro benzene ring substituents is 1. The second-order valence-corrected chi connectivity index (χ2v) is 4.99. The van der Waals surface area contributed by atoms with E-state index in [9.17, 15) is 19.3 Å². The summed E-state index contributed by atoms with van der Waals surface area (Å²) in [5.74, 6) is -1.87. The quantitative estimate of drug-likeness (QED) is 0.661. The molecule has 1 aromatic rings. The Kier molecular flexibility index (Phi) is 4.19. The number of nitro groups is 1. The zero-order valence-electron chi connectivity index (χ0n) is 10.1. The Morgan fingerprint density at radius 3 is 2.90 bits per heavy atom. The van der Waals surface area contributed by atoms with Gasteiger partial charge in [-0.1, -0.05) is 0 Å². The molecule has 1 unspecified atom stereocenters. The van der Waals surface area contributed by atoms with E-state index < -0.39 is 22.8 Å². The third kappa shape index (κ3) is 2.73. The first kappa shape index (κ1) is 14.7. The van der Waals surface area contributed by atoms with Crippen molar-refractivity contribution >= 4 is 33.3 Å². The van der Waals surface area contributed by atoms with E-state index in [4.69, 9.17) is 9.84 Å². The minimum absolute atomic E-state index is 0.0481. The molecule has 7 nitrogen and oxygen atoms in total. The average molecular weight is 349 g/mol. The molecule has 0 aliphatic carbocycles. The first-order valence-electron chi connectivity index (χ1n) is 5.62. The van der Waals surface area contributed by atoms with E-state index in [1.807, 2.05) is 0 Å². The summed E-state index contributed by atoms with van der Waals surface area (Å²) in [4.78, 5) is 22.8. The summed E-state index contributed by atoms with van der Waals surface area (Å²) in [5, 5.41) is 20.2. The van der Waals surface area contributed by atoms with Crippen LogP contribution >= 0.6 is 15.9 Å². The molecular weight excluding hydrogens is 339 g/mol. The first-order valence-corrected chi connectivity index (χ1v) is 6.41. The van der Waals surface area contributed by atoms with E-state index >= 15 is 0 Å². The summed E-state index contributed by atoms with van der Waals surface area (Å²) in [6.45, 7) is 0.252. The Bertz CT molecular complexity index is 568. The summed E-state index contributed by atoms with van der Waals surface area (Å²) in [5.41, 5.74) is -0.419. The van der Waals surface area contributed by atoms with Gasteiger partial charge in [0, 0.05) is 18.7 Å². The van der Waals surface area contributed by atoms with Crippen molar-refractivity contribution in [3.05, 3.63) is 32.5 Å². The number of ether oxygens (including phenoxy) is 1. The Balaban J connectivity index is 2.51. The molecular formula is C11H10BrFN2O5. The van der Waals surface area contributed by atoms with Gasteiger partial charge >= 0.3 is 5.97 Å². The van der Waals surface area contributed by atoms with Gasteiger partial charge in [0.15, 0.2) is 6.04 Å². The fourth-order valence-electron chi connectivity index (χ4n) is 2.00. The van der Waals surface area contributed by atoms with Crippen molar-refractivity contribution < 1.29 is 24.0 Å². The Morgan fingerprint density at radius 2 is 2.30 bits per heavy atom. The van der Waals surface area contributed by atoms with Crippen LogP contribution in [0.2, 0.25) is 0 Å². The second-order valence-electron chi connectivity index (χ2n) is 4.13. The van der Waals surface area contributed by atoms with Crippen LogP contribution in [-0.2, 0) is 9.53 Å². The van der Waals surface area contributed by atoms with Gasteiger partial charge in [-0.25, -0.2) is 9.18 Å². The SMILES string of the molecule is O=C(O)C1COCCN1c1cc(F)c(Br)cc1[N+](=O)[O-]. The molecule has 1 heterocycles. The van der Waals surface area contributed by atoms with Crippen molar-refractivity contribution in [2.24, 2.45) is 0 Å². The van der Waals surface area contributed by atoms with Gasteiger partial charge in [0.2, 0.25) is 0 Å². The molecule has 1 N–H and O–H groups in total. The molecule has 1 aliphatic rings. The number of anilines is 1. The lowest BCUT2D eigenvalue weighted by Crippen LogP contribution is -2.50. The predicted molar refractivity (Wildman–Crippen MR) is 70.3 cm³/mol. The van der Waals surface area contributed by atoms with Crippen LogP contribution in [0.25, 0.3) is 0 Å². The second kappa shape index (κ2) is 5.71. The van der Waals surface area contributed by atoms with Crippen LogP contribution in [0.1, 0.15) is 0 Å². The lowest BCUT2D eigenvalue weighted by atomic mass is 10.1. The molecule has 9 heteroatoms. The highest BCUT2D eigenvalue weighted by molar-refractivity contribution is 9.10. The minimum atomic E-state index is -1.18. The lowest BCUT2D eigenvalue weighted by Gasteiger charge is -2.34. The minimum Gasteiger partial charge on any atom is -0.480 e. The zero-order valence-corrected chi connectivity index (χ0v) is 11.7. The van der Waals surface area contributed by atoms with Crippen LogP contribution in [0.5, 0.6) is 0 Å². The van der Waals surface area contributed by atoms with Crippen LogP contribution in [0.4, 0.5) is 15.8 Å². The van der Waals surface area contributed by atoms with Gasteiger partial charge in [-0.3, -0.25) is 10.1 Å². The Labute approximate surface area is 121 Å². The molecule has 0 amide bonds. The van der Waals surface area contributed by atoms with Crippen molar-refractivity contribution in [3.8, 4) is 0 Å². The van der Waals surface area contributed by atoms with E-state index in [2.05, 4.69) is 15.9 Å². The molecule has 0 spiro atoms. The lowest BCUT2D eigenvalue weighted by molar-refractivity contribution is -0.384. The van der Waals surface area contributed by atoms with Gasteiger partial charge < -0.3 is 14.7 Å². The monoisotopic (exact) mass is 348 g/mol. The predicted octanol–water partition coefficient (Wildman–Crippen LogP) is 1.79. The van der Waals surface area contributed by atoms with Gasteiger partial charge in [-0.15, -0.1) is 0 Å². The van der Waals surface area contributed by atoms with Crippen LogP contribution in [0.15, 0.2) is 16.6 Å². The van der Waals surface area contributed by atoms with Gasteiger partial charge in [0.05, 0.1) is 22.6 Å². The standard InChI is InChI=1S/C11H10BrFN2O5/c12-6-3-9(15(18)19)8(4-7(6)13)14-1-2-20-5-10(14)11(16)17/h3-4,10H,1-2,5H2,(H,16,17). The molecule has 1 saturated heterocycles. The number of nitrogens with zero attached hydrogens (tertiary/aromatic N) is 2. The molecule has 20 heavy (non-hydrogen) atoms. The van der Waals surface area contributed by atoms with E-state index in [0.29, 0.717) is 0 Å². The fourth-order valence-corrected chi connectivity index (χ4v) is 2.33. The molecule has 2 rings (SSSR count). The molecule has 1 fully saturated rings. The number of hydrogen-bond acceptors (Lipinski definition) is 5. The highest BCUT2D eigenvalue weighted by atomic mass is 79.9. The van der Waals surface area contributed by atoms with Crippen molar-refractivity contribution in [1.29, 1.82) is 0 Å². The summed E-state index contributed by atoms with van der Waals surface area (Å²) in [7, 11) is 0. The number of carboxylic acids is 1. The molecule has 0 saturated carbocycles. The molecule has 0 radical (unpaired) electrons. The number of aliphatic carboxylic acids is 1. The van der Waals surface area contributed by atoms with E-state index in [-0.39, 0.29) is 35.6 Å². The number of carbonyl (C=O) groups is 1. The van der Waals surface area contributed by atoms with Crippen molar-refractivity contribution in [2.45, 2.75) is 6.04 Å². The first-order chi connectivity index (χ1) is 9.41. The number of carboxylic acid groups (broad SMARTS) is 1. The number of rotatable bonds is 3. The van der Waals surface area contributed by atoms with Gasteiger partial charge in [0.1, 0.15) is 11.5 Å². The van der Waals surface area contributed by atoms with E-state index in [1.165, 1.54) is 4.90 Å². The summed E-state index contributed by atoms with van der Waals surface area (Å²) < 4.78 is 18.6. The fraction of sp³-hybridized carbons (Fsp3) is 0.364. The maximum Gasteiger partial charge on any atom is 0.328 e. The van der Waals surface area contributed by atoms with Crippen molar-refractivity contribution in [1.82, 2.24) is 0 Å². The molecule has 1 atom stereocenters. The third-order valence-electron chi connectivity index (χ3n) is 2.94. The van der Waals surface area contributed by atoms with Gasteiger partial charge in [-0.05, 0) is 15.9 Å². The third-order valence-corrected chi connectivity index (χ3v) is 3.54. The van der Waals surface area contributed by atoms with Gasteiger partial charge in [0.25, 0.3) is 5.69 Å². The number of morpholine rings is 1. The highest BCUT2D eigenvalue weighted by Gasteiger charge is 2.34. The Morgan fingerprint density at radius 1 is 1.60 bits per heavy atom. The average Bonchev–Trinajstić information content (AvgIpc) is 2.41. The van der Waals surface area contributed by atoms with Crippen LogP contribution < -0.4 is 4.90 Å². The van der Waals surface area contributed by atoms with E-state index in [1.54, 1.807) is 0 Å². The molecule has 0 aromatic heterocycles. The van der Waals surface area contributed by atoms with Crippen LogP contribution in [-0.4, -0.2) is 41.8 Å².